The molecule has 0 aliphatic heterocycles. The summed E-state index contributed by atoms with van der Waals surface area (Å²) in [6, 6.07) is 0.433. The summed E-state index contributed by atoms with van der Waals surface area (Å²) in [6.07, 6.45) is 3.74. The van der Waals surface area contributed by atoms with Gasteiger partial charge in [-0.1, -0.05) is 11.8 Å². The van der Waals surface area contributed by atoms with E-state index in [-0.39, 0.29) is 5.91 Å². The van der Waals surface area contributed by atoms with E-state index < -0.39 is 0 Å². The number of carbonyl (C=O) groups is 1. The molecule has 0 bridgehead atoms. The highest BCUT2D eigenvalue weighted by Gasteiger charge is 2.23. The van der Waals surface area contributed by atoms with Crippen LogP contribution in [-0.4, -0.2) is 32.5 Å². The monoisotopic (exact) mass is 212 g/mol. The third kappa shape index (κ3) is 2.47. The Hall–Kier alpha value is -1.04. The largest absolute Gasteiger partial charge is 0.353 e. The number of hydrogen-bond donors (Lipinski definition) is 1. The van der Waals surface area contributed by atoms with Crippen molar-refractivity contribution >= 4 is 17.7 Å². The molecule has 0 spiro atoms. The van der Waals surface area contributed by atoms with E-state index in [1.807, 2.05) is 7.05 Å². The van der Waals surface area contributed by atoms with Crippen LogP contribution in [0.4, 0.5) is 0 Å². The highest BCUT2D eigenvalue weighted by molar-refractivity contribution is 7.99. The standard InChI is InChI=1S/C8H12N4OS/c1-12-8(9-5-10-12)14-4-7(13)11-6-2-3-6/h5-6H,2-4H2,1H3,(H,11,13). The van der Waals surface area contributed by atoms with Crippen molar-refractivity contribution in [3.05, 3.63) is 6.33 Å². The molecule has 1 aliphatic rings. The average molecular weight is 212 g/mol. The maximum absolute atomic E-state index is 11.3. The van der Waals surface area contributed by atoms with E-state index >= 15 is 0 Å². The van der Waals surface area contributed by atoms with Crippen molar-refractivity contribution in [1.82, 2.24) is 20.1 Å². The molecule has 2 rings (SSSR count). The van der Waals surface area contributed by atoms with Gasteiger partial charge < -0.3 is 5.32 Å². The highest BCUT2D eigenvalue weighted by atomic mass is 32.2. The summed E-state index contributed by atoms with van der Waals surface area (Å²) in [5.41, 5.74) is 0. The molecular formula is C8H12N4OS. The van der Waals surface area contributed by atoms with Gasteiger partial charge in [0.2, 0.25) is 5.91 Å². The van der Waals surface area contributed by atoms with Crippen molar-refractivity contribution in [2.24, 2.45) is 7.05 Å². The first-order valence-corrected chi connectivity index (χ1v) is 5.50. The Morgan fingerprint density at radius 2 is 2.57 bits per heavy atom. The van der Waals surface area contributed by atoms with E-state index in [2.05, 4.69) is 15.4 Å². The van der Waals surface area contributed by atoms with E-state index in [4.69, 9.17) is 0 Å². The molecule has 1 fully saturated rings. The zero-order valence-corrected chi connectivity index (χ0v) is 8.75. The first kappa shape index (κ1) is 9.51. The van der Waals surface area contributed by atoms with Gasteiger partial charge >= 0.3 is 0 Å². The molecule has 0 atom stereocenters. The van der Waals surface area contributed by atoms with Gasteiger partial charge in [-0.2, -0.15) is 5.10 Å². The summed E-state index contributed by atoms with van der Waals surface area (Å²) in [7, 11) is 1.81. The lowest BCUT2D eigenvalue weighted by atomic mass is 10.6. The van der Waals surface area contributed by atoms with E-state index in [1.54, 1.807) is 4.68 Å². The molecule has 5 nitrogen and oxygen atoms in total. The fraction of sp³-hybridized carbons (Fsp3) is 0.625. The van der Waals surface area contributed by atoms with Gasteiger partial charge in [0.05, 0.1) is 5.75 Å². The molecule has 1 aromatic heterocycles. The predicted octanol–water partition coefficient (Wildman–Crippen LogP) is 0.186. The normalized spacial score (nSPS) is 15.5. The maximum atomic E-state index is 11.3. The number of aromatic nitrogens is 3. The molecule has 1 heterocycles. The zero-order valence-electron chi connectivity index (χ0n) is 7.93. The summed E-state index contributed by atoms with van der Waals surface area (Å²) in [5.74, 6) is 0.503. The molecule has 0 radical (unpaired) electrons. The first-order chi connectivity index (χ1) is 6.75. The van der Waals surface area contributed by atoms with E-state index in [0.29, 0.717) is 11.8 Å². The molecule has 1 aromatic rings. The number of hydrogen-bond acceptors (Lipinski definition) is 4. The minimum atomic E-state index is 0.0838. The Kier molecular flexibility index (Phi) is 2.72. The molecular weight excluding hydrogens is 200 g/mol. The first-order valence-electron chi connectivity index (χ1n) is 4.52. The van der Waals surface area contributed by atoms with Gasteiger partial charge in [-0.3, -0.25) is 4.79 Å². The summed E-state index contributed by atoms with van der Waals surface area (Å²) in [4.78, 5) is 15.3. The van der Waals surface area contributed by atoms with Crippen molar-refractivity contribution in [2.45, 2.75) is 24.0 Å². The molecule has 1 aliphatic carbocycles. The Morgan fingerprint density at radius 1 is 1.79 bits per heavy atom. The van der Waals surface area contributed by atoms with Gasteiger partial charge in [-0.05, 0) is 12.8 Å². The number of aryl methyl sites for hydroxylation is 1. The number of amides is 1. The second-order valence-corrected chi connectivity index (χ2v) is 4.24. The predicted molar refractivity (Wildman–Crippen MR) is 52.9 cm³/mol. The van der Waals surface area contributed by atoms with Crippen molar-refractivity contribution in [3.8, 4) is 0 Å². The van der Waals surface area contributed by atoms with Crippen LogP contribution in [-0.2, 0) is 11.8 Å². The molecule has 0 unspecified atom stereocenters. The Balaban J connectivity index is 1.76. The number of carbonyl (C=O) groups excluding carboxylic acids is 1. The minimum Gasteiger partial charge on any atom is -0.353 e. The third-order valence-electron chi connectivity index (χ3n) is 1.94. The van der Waals surface area contributed by atoms with Gasteiger partial charge in [0, 0.05) is 13.1 Å². The Labute approximate surface area is 86.3 Å². The van der Waals surface area contributed by atoms with Gasteiger partial charge in [-0.15, -0.1) is 0 Å². The average Bonchev–Trinajstić information content (AvgIpc) is 2.86. The Bertz CT molecular complexity index is 334. The molecule has 1 N–H and O–H groups in total. The molecule has 0 saturated heterocycles. The highest BCUT2D eigenvalue weighted by Crippen LogP contribution is 2.19. The second kappa shape index (κ2) is 4.00. The topological polar surface area (TPSA) is 59.8 Å². The second-order valence-electron chi connectivity index (χ2n) is 3.30. The van der Waals surface area contributed by atoms with Crippen LogP contribution in [0.2, 0.25) is 0 Å². The van der Waals surface area contributed by atoms with E-state index in [9.17, 15) is 4.79 Å². The van der Waals surface area contributed by atoms with Crippen LogP contribution in [0.5, 0.6) is 0 Å². The summed E-state index contributed by atoms with van der Waals surface area (Å²) < 4.78 is 1.66. The van der Waals surface area contributed by atoms with Crippen LogP contribution in [0, 0.1) is 0 Å². The number of nitrogens with one attached hydrogen (secondary N) is 1. The SMILES string of the molecule is Cn1ncnc1SCC(=O)NC1CC1. The zero-order chi connectivity index (χ0) is 9.97. The van der Waals surface area contributed by atoms with Crippen molar-refractivity contribution in [3.63, 3.8) is 0 Å². The summed E-state index contributed by atoms with van der Waals surface area (Å²) >= 11 is 1.41. The van der Waals surface area contributed by atoms with Crippen LogP contribution in [0.15, 0.2) is 11.5 Å². The van der Waals surface area contributed by atoms with Crippen LogP contribution in [0.3, 0.4) is 0 Å². The molecule has 6 heteroatoms. The number of nitrogens with zero attached hydrogens (tertiary/aromatic N) is 3. The van der Waals surface area contributed by atoms with Crippen molar-refractivity contribution < 1.29 is 4.79 Å². The van der Waals surface area contributed by atoms with Crippen molar-refractivity contribution in [1.29, 1.82) is 0 Å². The van der Waals surface area contributed by atoms with Crippen LogP contribution >= 0.6 is 11.8 Å². The lowest BCUT2D eigenvalue weighted by Gasteiger charge is -2.01. The van der Waals surface area contributed by atoms with Gasteiger partial charge in [0.15, 0.2) is 5.16 Å². The fourth-order valence-corrected chi connectivity index (χ4v) is 1.74. The van der Waals surface area contributed by atoms with Crippen LogP contribution < -0.4 is 5.32 Å². The smallest absolute Gasteiger partial charge is 0.230 e. The number of rotatable bonds is 4. The minimum absolute atomic E-state index is 0.0838. The molecule has 1 saturated carbocycles. The van der Waals surface area contributed by atoms with Gasteiger partial charge in [0.1, 0.15) is 6.33 Å². The summed E-state index contributed by atoms with van der Waals surface area (Å²) in [5, 5.41) is 7.61. The Morgan fingerprint density at radius 3 is 3.14 bits per heavy atom. The van der Waals surface area contributed by atoms with E-state index in [0.717, 1.165) is 18.0 Å². The lowest BCUT2D eigenvalue weighted by Crippen LogP contribution is -2.27. The molecule has 1 amide bonds. The maximum Gasteiger partial charge on any atom is 0.230 e. The van der Waals surface area contributed by atoms with Crippen LogP contribution in [0.1, 0.15) is 12.8 Å². The van der Waals surface area contributed by atoms with Crippen LogP contribution in [0.25, 0.3) is 0 Å². The third-order valence-corrected chi connectivity index (χ3v) is 2.98. The molecule has 14 heavy (non-hydrogen) atoms. The fourth-order valence-electron chi connectivity index (χ4n) is 1.04. The van der Waals surface area contributed by atoms with Gasteiger partial charge in [-0.25, -0.2) is 9.67 Å². The van der Waals surface area contributed by atoms with Gasteiger partial charge in [0.25, 0.3) is 0 Å². The molecule has 76 valence electrons. The summed E-state index contributed by atoms with van der Waals surface area (Å²) in [6.45, 7) is 0. The van der Waals surface area contributed by atoms with Crippen molar-refractivity contribution in [2.75, 3.05) is 5.75 Å². The number of thioether (sulfide) groups is 1. The van der Waals surface area contributed by atoms with E-state index in [1.165, 1.54) is 18.1 Å². The quantitative estimate of drug-likeness (QED) is 0.724. The molecule has 0 aromatic carbocycles. The lowest BCUT2D eigenvalue weighted by molar-refractivity contribution is -0.118.